The van der Waals surface area contributed by atoms with Gasteiger partial charge >= 0.3 is 0 Å². The van der Waals surface area contributed by atoms with Gasteiger partial charge in [0.05, 0.1) is 26.8 Å². The normalized spacial score (nSPS) is 12.9. The van der Waals surface area contributed by atoms with Gasteiger partial charge in [-0.1, -0.05) is 37.3 Å². The van der Waals surface area contributed by atoms with Crippen molar-refractivity contribution in [3.63, 3.8) is 0 Å². The van der Waals surface area contributed by atoms with E-state index in [0.717, 1.165) is 29.0 Å². The molecule has 0 saturated carbocycles. The van der Waals surface area contributed by atoms with Gasteiger partial charge in [0, 0.05) is 18.2 Å². The molecule has 2 aromatic carbocycles. The number of hydrogen-bond acceptors (Lipinski definition) is 6. The highest BCUT2D eigenvalue weighted by molar-refractivity contribution is 5.92. The molecule has 176 valence electrons. The highest BCUT2D eigenvalue weighted by Crippen LogP contribution is 2.27. The molecule has 7 heteroatoms. The fourth-order valence-corrected chi connectivity index (χ4v) is 3.61. The second-order valence-corrected chi connectivity index (χ2v) is 8.07. The molecule has 0 bridgehead atoms. The van der Waals surface area contributed by atoms with E-state index in [0.29, 0.717) is 19.0 Å². The van der Waals surface area contributed by atoms with E-state index < -0.39 is 0 Å². The third kappa shape index (κ3) is 6.35. The number of carbonyl (C=O) groups is 1. The first-order valence-corrected chi connectivity index (χ1v) is 11.2. The van der Waals surface area contributed by atoms with Crippen molar-refractivity contribution in [1.29, 1.82) is 0 Å². The third-order valence-electron chi connectivity index (χ3n) is 5.85. The van der Waals surface area contributed by atoms with Gasteiger partial charge in [-0.2, -0.15) is 0 Å². The van der Waals surface area contributed by atoms with Crippen molar-refractivity contribution in [2.45, 2.75) is 52.4 Å². The predicted octanol–water partition coefficient (Wildman–Crippen LogP) is 4.98. The van der Waals surface area contributed by atoms with Gasteiger partial charge in [0.2, 0.25) is 5.89 Å². The molecule has 0 saturated heterocycles. The van der Waals surface area contributed by atoms with E-state index in [-0.39, 0.29) is 23.7 Å². The summed E-state index contributed by atoms with van der Waals surface area (Å²) >= 11 is 0. The van der Waals surface area contributed by atoms with Crippen molar-refractivity contribution in [3.05, 3.63) is 77.5 Å². The number of methoxy groups -OCH3 is 2. The van der Waals surface area contributed by atoms with Gasteiger partial charge in [0.15, 0.2) is 5.69 Å². The number of ether oxygens (including phenoxy) is 2. The summed E-state index contributed by atoms with van der Waals surface area (Å²) in [6.07, 6.45) is 2.37. The van der Waals surface area contributed by atoms with Crippen LogP contribution in [0.15, 0.2) is 59.2 Å². The Hall–Kier alpha value is -3.32. The summed E-state index contributed by atoms with van der Waals surface area (Å²) in [5.41, 5.74) is 2.32. The highest BCUT2D eigenvalue weighted by Gasteiger charge is 2.21. The van der Waals surface area contributed by atoms with Crippen LogP contribution in [-0.2, 0) is 13.1 Å². The number of nitrogens with one attached hydrogen (secondary N) is 1. The van der Waals surface area contributed by atoms with E-state index in [1.54, 1.807) is 14.2 Å². The molecule has 3 aromatic rings. The Morgan fingerprint density at radius 1 is 1.09 bits per heavy atom. The highest BCUT2D eigenvalue weighted by atomic mass is 16.5. The zero-order valence-corrected chi connectivity index (χ0v) is 20.0. The summed E-state index contributed by atoms with van der Waals surface area (Å²) in [7, 11) is 3.31. The van der Waals surface area contributed by atoms with E-state index in [1.807, 2.05) is 55.5 Å². The summed E-state index contributed by atoms with van der Waals surface area (Å²) in [5, 5.41) is 2.98. The number of hydrogen-bond donors (Lipinski definition) is 1. The van der Waals surface area contributed by atoms with Crippen LogP contribution >= 0.6 is 0 Å². The minimum atomic E-state index is -0.258. The first kappa shape index (κ1) is 24.3. The molecule has 33 heavy (non-hydrogen) atoms. The quantitative estimate of drug-likeness (QED) is 0.443. The maximum atomic E-state index is 12.7. The summed E-state index contributed by atoms with van der Waals surface area (Å²) < 4.78 is 16.6. The summed E-state index contributed by atoms with van der Waals surface area (Å²) in [4.78, 5) is 19.4. The second kappa shape index (κ2) is 11.5. The first-order chi connectivity index (χ1) is 15.9. The molecule has 1 heterocycles. The molecule has 0 spiro atoms. The zero-order chi connectivity index (χ0) is 23.8. The molecule has 3 rings (SSSR count). The van der Waals surface area contributed by atoms with E-state index in [4.69, 9.17) is 13.9 Å². The molecule has 0 radical (unpaired) electrons. The summed E-state index contributed by atoms with van der Waals surface area (Å²) in [6.45, 7) is 7.34. The van der Waals surface area contributed by atoms with Crippen LogP contribution in [0.4, 0.5) is 0 Å². The van der Waals surface area contributed by atoms with Crippen LogP contribution in [0.25, 0.3) is 0 Å². The summed E-state index contributed by atoms with van der Waals surface area (Å²) in [6, 6.07) is 15.7. The first-order valence-electron chi connectivity index (χ1n) is 11.2. The SMILES string of the molecule is CC[C@@H](C)N(Cc1nc(C(=O)N[C@H](C)c2ccccc2)co1)Cc1cc(OC)ccc1OC. The van der Waals surface area contributed by atoms with Crippen molar-refractivity contribution in [2.24, 2.45) is 0 Å². The second-order valence-electron chi connectivity index (χ2n) is 8.07. The number of nitrogens with zero attached hydrogens (tertiary/aromatic N) is 2. The molecule has 2 atom stereocenters. The number of oxazole rings is 1. The number of carbonyl (C=O) groups excluding carboxylic acids is 1. The monoisotopic (exact) mass is 451 g/mol. The topological polar surface area (TPSA) is 76.8 Å². The van der Waals surface area contributed by atoms with Gasteiger partial charge in [-0.25, -0.2) is 4.98 Å². The molecule has 1 N–H and O–H groups in total. The third-order valence-corrected chi connectivity index (χ3v) is 5.85. The van der Waals surface area contributed by atoms with Gasteiger partial charge in [-0.3, -0.25) is 9.69 Å². The van der Waals surface area contributed by atoms with Crippen LogP contribution < -0.4 is 14.8 Å². The van der Waals surface area contributed by atoms with Gasteiger partial charge in [0.25, 0.3) is 5.91 Å². The molecule has 0 unspecified atom stereocenters. The minimum absolute atomic E-state index is 0.129. The van der Waals surface area contributed by atoms with E-state index in [1.165, 1.54) is 6.26 Å². The molecule has 0 aliphatic carbocycles. The minimum Gasteiger partial charge on any atom is -0.497 e. The van der Waals surface area contributed by atoms with Crippen LogP contribution in [0.5, 0.6) is 11.5 Å². The van der Waals surface area contributed by atoms with Crippen molar-refractivity contribution >= 4 is 5.91 Å². The van der Waals surface area contributed by atoms with E-state index in [9.17, 15) is 4.79 Å². The fourth-order valence-electron chi connectivity index (χ4n) is 3.61. The largest absolute Gasteiger partial charge is 0.497 e. The maximum Gasteiger partial charge on any atom is 0.273 e. The average Bonchev–Trinajstić information content (AvgIpc) is 3.32. The maximum absolute atomic E-state index is 12.7. The number of benzene rings is 2. The average molecular weight is 452 g/mol. The van der Waals surface area contributed by atoms with E-state index in [2.05, 4.69) is 29.0 Å². The van der Waals surface area contributed by atoms with Crippen LogP contribution in [-0.4, -0.2) is 36.1 Å². The zero-order valence-electron chi connectivity index (χ0n) is 20.0. The van der Waals surface area contributed by atoms with Crippen LogP contribution in [0, 0.1) is 0 Å². The lowest BCUT2D eigenvalue weighted by molar-refractivity contribution is 0.0934. The van der Waals surface area contributed by atoms with Crippen molar-refractivity contribution in [2.75, 3.05) is 14.2 Å². The Balaban J connectivity index is 1.71. The lowest BCUT2D eigenvalue weighted by atomic mass is 10.1. The fraction of sp³-hybridized carbons (Fsp3) is 0.385. The van der Waals surface area contributed by atoms with Crippen LogP contribution in [0.1, 0.15) is 60.7 Å². The standard InChI is InChI=1S/C26H33N3O4/c1-6-18(2)29(15-21-14-22(31-4)12-13-24(21)32-5)16-25-28-23(17-33-25)26(30)27-19(3)20-10-8-7-9-11-20/h7-14,17-19H,6,15-16H2,1-5H3,(H,27,30)/t18-,19-/m1/s1. The van der Waals surface area contributed by atoms with Crippen molar-refractivity contribution in [1.82, 2.24) is 15.2 Å². The van der Waals surface area contributed by atoms with Gasteiger partial charge < -0.3 is 19.2 Å². The number of aromatic nitrogens is 1. The molecule has 0 fully saturated rings. The van der Waals surface area contributed by atoms with Crippen molar-refractivity contribution < 1.29 is 18.7 Å². The van der Waals surface area contributed by atoms with Gasteiger partial charge in [0.1, 0.15) is 17.8 Å². The van der Waals surface area contributed by atoms with Crippen LogP contribution in [0.2, 0.25) is 0 Å². The lowest BCUT2D eigenvalue weighted by Crippen LogP contribution is -2.32. The molecular formula is C26H33N3O4. The molecule has 0 aliphatic heterocycles. The Labute approximate surface area is 195 Å². The molecule has 0 aliphatic rings. The Morgan fingerprint density at radius 3 is 2.52 bits per heavy atom. The molecule has 7 nitrogen and oxygen atoms in total. The van der Waals surface area contributed by atoms with Gasteiger partial charge in [-0.05, 0) is 44.0 Å². The van der Waals surface area contributed by atoms with E-state index >= 15 is 0 Å². The van der Waals surface area contributed by atoms with Gasteiger partial charge in [-0.15, -0.1) is 0 Å². The smallest absolute Gasteiger partial charge is 0.273 e. The predicted molar refractivity (Wildman–Crippen MR) is 127 cm³/mol. The van der Waals surface area contributed by atoms with Crippen LogP contribution in [0.3, 0.4) is 0 Å². The lowest BCUT2D eigenvalue weighted by Gasteiger charge is -2.28. The Kier molecular flexibility index (Phi) is 8.49. The Morgan fingerprint density at radius 2 is 1.85 bits per heavy atom. The Bertz CT molecular complexity index is 1040. The molecule has 1 aromatic heterocycles. The van der Waals surface area contributed by atoms with Crippen molar-refractivity contribution in [3.8, 4) is 11.5 Å². The summed E-state index contributed by atoms with van der Waals surface area (Å²) in [5.74, 6) is 1.81. The molecule has 1 amide bonds. The number of rotatable bonds is 11. The number of amides is 1. The molecular weight excluding hydrogens is 418 g/mol.